The van der Waals surface area contributed by atoms with Crippen LogP contribution in [0.4, 0.5) is 5.69 Å². The van der Waals surface area contributed by atoms with Gasteiger partial charge in [-0.1, -0.05) is 11.6 Å². The highest BCUT2D eigenvalue weighted by molar-refractivity contribution is 9.10. The summed E-state index contributed by atoms with van der Waals surface area (Å²) in [5.74, 6) is -0.101. The second-order valence-electron chi connectivity index (χ2n) is 3.19. The van der Waals surface area contributed by atoms with Gasteiger partial charge in [0.2, 0.25) is 5.78 Å². The lowest BCUT2D eigenvalue weighted by Gasteiger charge is -2.03. The summed E-state index contributed by atoms with van der Waals surface area (Å²) < 4.78 is 0.890. The summed E-state index contributed by atoms with van der Waals surface area (Å²) in [6, 6.07) is 6.66. The summed E-state index contributed by atoms with van der Waals surface area (Å²) in [5.41, 5.74) is 6.64. The smallest absolute Gasteiger partial charge is 0.205 e. The molecule has 0 radical (unpaired) electrons. The van der Waals surface area contributed by atoms with E-state index in [4.69, 9.17) is 17.3 Å². The number of halogens is 2. The van der Waals surface area contributed by atoms with Crippen LogP contribution < -0.4 is 5.73 Å². The van der Waals surface area contributed by atoms with Crippen molar-refractivity contribution in [2.75, 3.05) is 5.73 Å². The van der Waals surface area contributed by atoms with Crippen LogP contribution >= 0.6 is 38.9 Å². The number of nitrogens with two attached hydrogens (primary N) is 1. The molecule has 2 aromatic rings. The zero-order chi connectivity index (χ0) is 11.7. The number of benzene rings is 1. The van der Waals surface area contributed by atoms with Crippen LogP contribution in [0.25, 0.3) is 0 Å². The van der Waals surface area contributed by atoms with E-state index in [0.717, 1.165) is 4.47 Å². The van der Waals surface area contributed by atoms with Crippen LogP contribution in [0.3, 0.4) is 0 Å². The molecule has 0 saturated carbocycles. The maximum Gasteiger partial charge on any atom is 0.205 e. The van der Waals surface area contributed by atoms with Crippen LogP contribution in [0.15, 0.2) is 34.1 Å². The Balaban J connectivity index is 2.45. The summed E-state index contributed by atoms with van der Waals surface area (Å²) in [6.07, 6.45) is 0. The lowest BCUT2D eigenvalue weighted by molar-refractivity contribution is 0.104. The van der Waals surface area contributed by atoms with Crippen molar-refractivity contribution < 1.29 is 4.79 Å². The third kappa shape index (κ3) is 2.29. The van der Waals surface area contributed by atoms with Gasteiger partial charge in [0.1, 0.15) is 0 Å². The van der Waals surface area contributed by atoms with Crippen LogP contribution in [-0.2, 0) is 0 Å². The van der Waals surface area contributed by atoms with Gasteiger partial charge in [-0.15, -0.1) is 11.3 Å². The largest absolute Gasteiger partial charge is 0.398 e. The molecule has 2 N–H and O–H groups in total. The number of ketones is 1. The zero-order valence-electron chi connectivity index (χ0n) is 8.04. The van der Waals surface area contributed by atoms with Gasteiger partial charge in [0, 0.05) is 26.1 Å². The van der Waals surface area contributed by atoms with Crippen molar-refractivity contribution in [1.29, 1.82) is 0 Å². The summed E-state index contributed by atoms with van der Waals surface area (Å²) in [7, 11) is 0. The molecule has 1 aromatic carbocycles. The van der Waals surface area contributed by atoms with Gasteiger partial charge in [-0.05, 0) is 40.2 Å². The number of hydrogen-bond acceptors (Lipinski definition) is 3. The number of hydrogen-bond donors (Lipinski definition) is 1. The van der Waals surface area contributed by atoms with E-state index in [0.29, 0.717) is 21.2 Å². The molecule has 2 nitrogen and oxygen atoms in total. The molecule has 1 heterocycles. The highest BCUT2D eigenvalue weighted by atomic mass is 79.9. The van der Waals surface area contributed by atoms with E-state index in [1.165, 1.54) is 11.3 Å². The number of carbonyl (C=O) groups excluding carboxylic acids is 1. The Morgan fingerprint density at radius 2 is 2.12 bits per heavy atom. The van der Waals surface area contributed by atoms with Crippen LogP contribution in [-0.4, -0.2) is 5.78 Å². The Labute approximate surface area is 110 Å². The molecule has 2 rings (SSSR count). The first kappa shape index (κ1) is 11.6. The summed E-state index contributed by atoms with van der Waals surface area (Å²) >= 11 is 10.5. The standard InChI is InChI=1S/C11H7BrClNOS/c12-6-3-10(16-5-6)11(15)8-4-7(13)1-2-9(8)14/h1-5H,14H2. The lowest BCUT2D eigenvalue weighted by atomic mass is 10.1. The van der Waals surface area contributed by atoms with E-state index in [1.807, 2.05) is 5.38 Å². The van der Waals surface area contributed by atoms with Gasteiger partial charge in [-0.2, -0.15) is 0 Å². The van der Waals surface area contributed by atoms with E-state index >= 15 is 0 Å². The highest BCUT2D eigenvalue weighted by Gasteiger charge is 2.14. The van der Waals surface area contributed by atoms with E-state index in [1.54, 1.807) is 24.3 Å². The van der Waals surface area contributed by atoms with E-state index in [2.05, 4.69) is 15.9 Å². The monoisotopic (exact) mass is 315 g/mol. The molecule has 0 atom stereocenters. The zero-order valence-corrected chi connectivity index (χ0v) is 11.2. The number of anilines is 1. The van der Waals surface area contributed by atoms with Crippen LogP contribution in [0, 0.1) is 0 Å². The first-order valence-electron chi connectivity index (χ1n) is 4.41. The van der Waals surface area contributed by atoms with Crippen molar-refractivity contribution in [2.45, 2.75) is 0 Å². The first-order valence-corrected chi connectivity index (χ1v) is 6.47. The molecular formula is C11H7BrClNOS. The van der Waals surface area contributed by atoms with Crippen molar-refractivity contribution in [3.8, 4) is 0 Å². The van der Waals surface area contributed by atoms with Gasteiger partial charge >= 0.3 is 0 Å². The average molecular weight is 317 g/mol. The molecule has 1 aromatic heterocycles. The second-order valence-corrected chi connectivity index (χ2v) is 5.45. The fourth-order valence-corrected chi connectivity index (χ4v) is 2.84. The predicted molar refractivity (Wildman–Crippen MR) is 71.3 cm³/mol. The minimum atomic E-state index is -0.101. The molecule has 0 fully saturated rings. The lowest BCUT2D eigenvalue weighted by Crippen LogP contribution is -2.03. The summed E-state index contributed by atoms with van der Waals surface area (Å²) in [4.78, 5) is 12.7. The SMILES string of the molecule is Nc1ccc(Cl)cc1C(=O)c1cc(Br)cs1. The molecule has 0 aliphatic rings. The Kier molecular flexibility index (Phi) is 3.33. The minimum Gasteiger partial charge on any atom is -0.398 e. The Morgan fingerprint density at radius 3 is 2.75 bits per heavy atom. The van der Waals surface area contributed by atoms with Crippen molar-refractivity contribution >= 4 is 50.3 Å². The molecule has 0 aliphatic carbocycles. The van der Waals surface area contributed by atoms with Crippen LogP contribution in [0.1, 0.15) is 15.2 Å². The molecule has 16 heavy (non-hydrogen) atoms. The summed E-state index contributed by atoms with van der Waals surface area (Å²) in [6.45, 7) is 0. The molecule has 82 valence electrons. The molecule has 0 saturated heterocycles. The molecule has 0 unspecified atom stereocenters. The average Bonchev–Trinajstić information content (AvgIpc) is 2.67. The molecule has 0 bridgehead atoms. The van der Waals surface area contributed by atoms with Gasteiger partial charge in [0.15, 0.2) is 0 Å². The molecule has 5 heteroatoms. The van der Waals surface area contributed by atoms with Gasteiger partial charge < -0.3 is 5.73 Å². The van der Waals surface area contributed by atoms with Gasteiger partial charge in [-0.3, -0.25) is 4.79 Å². The third-order valence-electron chi connectivity index (χ3n) is 2.05. The normalized spacial score (nSPS) is 10.4. The number of rotatable bonds is 2. The molecule has 0 spiro atoms. The second kappa shape index (κ2) is 4.57. The van der Waals surface area contributed by atoms with Crippen molar-refractivity contribution in [2.24, 2.45) is 0 Å². The van der Waals surface area contributed by atoms with Crippen LogP contribution in [0.5, 0.6) is 0 Å². The van der Waals surface area contributed by atoms with Crippen molar-refractivity contribution in [3.63, 3.8) is 0 Å². The van der Waals surface area contributed by atoms with Crippen LogP contribution in [0.2, 0.25) is 5.02 Å². The van der Waals surface area contributed by atoms with Gasteiger partial charge in [0.05, 0.1) is 4.88 Å². The minimum absolute atomic E-state index is 0.101. The van der Waals surface area contributed by atoms with E-state index in [-0.39, 0.29) is 5.78 Å². The quantitative estimate of drug-likeness (QED) is 0.673. The van der Waals surface area contributed by atoms with E-state index < -0.39 is 0 Å². The number of carbonyl (C=O) groups is 1. The Bertz CT molecular complexity index is 553. The maximum atomic E-state index is 12.1. The maximum absolute atomic E-state index is 12.1. The Hall–Kier alpha value is -0.840. The van der Waals surface area contributed by atoms with Crippen molar-refractivity contribution in [3.05, 3.63) is 49.6 Å². The van der Waals surface area contributed by atoms with Gasteiger partial charge in [-0.25, -0.2) is 0 Å². The molecule has 0 amide bonds. The topological polar surface area (TPSA) is 43.1 Å². The molecule has 0 aliphatic heterocycles. The molecular weight excluding hydrogens is 310 g/mol. The third-order valence-corrected chi connectivity index (χ3v) is 3.98. The first-order chi connectivity index (χ1) is 7.58. The summed E-state index contributed by atoms with van der Waals surface area (Å²) in [5, 5.41) is 2.36. The number of nitrogen functional groups attached to an aromatic ring is 1. The van der Waals surface area contributed by atoms with Crippen molar-refractivity contribution in [1.82, 2.24) is 0 Å². The number of thiophene rings is 1. The van der Waals surface area contributed by atoms with E-state index in [9.17, 15) is 4.79 Å². The highest BCUT2D eigenvalue weighted by Crippen LogP contribution is 2.26. The fourth-order valence-electron chi connectivity index (χ4n) is 1.29. The Morgan fingerprint density at radius 1 is 1.38 bits per heavy atom. The predicted octanol–water partition coefficient (Wildman–Crippen LogP) is 3.98. The fraction of sp³-hybridized carbons (Fsp3) is 0. The van der Waals surface area contributed by atoms with Gasteiger partial charge in [0.25, 0.3) is 0 Å².